The zero-order valence-corrected chi connectivity index (χ0v) is 12.6. The molecule has 2 rings (SSSR count). The Morgan fingerprint density at radius 3 is 2.65 bits per heavy atom. The summed E-state index contributed by atoms with van der Waals surface area (Å²) in [5, 5.41) is -0.00357. The molecule has 17 heavy (non-hydrogen) atoms. The van der Waals surface area contributed by atoms with E-state index in [2.05, 4.69) is 22.9 Å². The molecule has 2 nitrogen and oxygen atoms in total. The summed E-state index contributed by atoms with van der Waals surface area (Å²) in [5.41, 5.74) is 0.856. The van der Waals surface area contributed by atoms with Gasteiger partial charge in [0.2, 0.25) is 5.91 Å². The van der Waals surface area contributed by atoms with Crippen LogP contribution in [0.5, 0.6) is 0 Å². The molecule has 0 radical (unpaired) electrons. The second-order valence-corrected chi connectivity index (χ2v) is 6.56. The van der Waals surface area contributed by atoms with Crippen LogP contribution in [0, 0.1) is 0 Å². The predicted octanol–water partition coefficient (Wildman–Crippen LogP) is 3.98. The van der Waals surface area contributed by atoms with Crippen molar-refractivity contribution < 1.29 is 4.79 Å². The summed E-state index contributed by atoms with van der Waals surface area (Å²) >= 11 is 10.2. The fourth-order valence-electron chi connectivity index (χ4n) is 1.73. The van der Waals surface area contributed by atoms with E-state index in [1.807, 2.05) is 24.3 Å². The maximum atomic E-state index is 12.2. The smallest absolute Gasteiger partial charge is 0.246 e. The van der Waals surface area contributed by atoms with Crippen molar-refractivity contribution in [2.75, 3.05) is 4.90 Å². The van der Waals surface area contributed by atoms with E-state index in [9.17, 15) is 4.79 Å². The minimum Gasteiger partial charge on any atom is -0.273 e. The summed E-state index contributed by atoms with van der Waals surface area (Å²) in [6.07, 6.45) is 1.89. The lowest BCUT2D eigenvalue weighted by Crippen LogP contribution is -2.31. The fraction of sp³-hybridized carbons (Fsp3) is 0.333. The van der Waals surface area contributed by atoms with Crippen LogP contribution in [0.15, 0.2) is 28.7 Å². The van der Waals surface area contributed by atoms with Gasteiger partial charge in [0.1, 0.15) is 4.32 Å². The third-order valence-electron chi connectivity index (χ3n) is 2.56. The third-order valence-corrected chi connectivity index (χ3v) is 4.66. The molecule has 1 atom stereocenters. The first kappa shape index (κ1) is 13.1. The van der Waals surface area contributed by atoms with Gasteiger partial charge in [-0.2, -0.15) is 0 Å². The van der Waals surface area contributed by atoms with Crippen molar-refractivity contribution >= 4 is 55.8 Å². The SMILES string of the molecule is CCCC1SC(=S)N(c2ccc(Br)cc2)C1=O. The highest BCUT2D eigenvalue weighted by molar-refractivity contribution is 9.10. The highest BCUT2D eigenvalue weighted by atomic mass is 79.9. The fourth-order valence-corrected chi connectivity index (χ4v) is 3.64. The largest absolute Gasteiger partial charge is 0.273 e. The Morgan fingerprint density at radius 1 is 1.41 bits per heavy atom. The maximum absolute atomic E-state index is 12.2. The zero-order chi connectivity index (χ0) is 12.4. The summed E-state index contributed by atoms with van der Waals surface area (Å²) in [6.45, 7) is 2.08. The number of thioether (sulfide) groups is 1. The van der Waals surface area contributed by atoms with Crippen LogP contribution in [0.2, 0.25) is 0 Å². The summed E-state index contributed by atoms with van der Waals surface area (Å²) < 4.78 is 1.66. The molecule has 0 aromatic heterocycles. The second kappa shape index (κ2) is 5.50. The number of rotatable bonds is 3. The first-order valence-corrected chi connectivity index (χ1v) is 7.51. The van der Waals surface area contributed by atoms with Crippen LogP contribution in [0.4, 0.5) is 5.69 Å². The Bertz CT molecular complexity index is 446. The van der Waals surface area contributed by atoms with Crippen LogP contribution in [0.25, 0.3) is 0 Å². The number of hydrogen-bond acceptors (Lipinski definition) is 3. The van der Waals surface area contributed by atoms with E-state index in [-0.39, 0.29) is 11.2 Å². The molecule has 0 saturated carbocycles. The van der Waals surface area contributed by atoms with Gasteiger partial charge in [0.05, 0.1) is 10.9 Å². The van der Waals surface area contributed by atoms with Crippen LogP contribution < -0.4 is 4.90 Å². The van der Waals surface area contributed by atoms with E-state index in [0.29, 0.717) is 4.32 Å². The first-order chi connectivity index (χ1) is 8.13. The van der Waals surface area contributed by atoms with E-state index in [4.69, 9.17) is 12.2 Å². The lowest BCUT2D eigenvalue weighted by Gasteiger charge is -2.15. The molecule has 0 bridgehead atoms. The molecule has 1 heterocycles. The van der Waals surface area contributed by atoms with Gasteiger partial charge in [-0.25, -0.2) is 0 Å². The van der Waals surface area contributed by atoms with Crippen LogP contribution >= 0.6 is 39.9 Å². The number of carbonyl (C=O) groups is 1. The van der Waals surface area contributed by atoms with Crippen molar-refractivity contribution in [2.24, 2.45) is 0 Å². The molecule has 1 aliphatic rings. The average Bonchev–Trinajstić information content (AvgIpc) is 2.57. The number of carbonyl (C=O) groups excluding carboxylic acids is 1. The van der Waals surface area contributed by atoms with Gasteiger partial charge in [0.15, 0.2) is 0 Å². The molecule has 1 aromatic carbocycles. The number of hydrogen-bond donors (Lipinski definition) is 0. The average molecular weight is 330 g/mol. The lowest BCUT2D eigenvalue weighted by atomic mass is 10.2. The molecule has 0 N–H and O–H groups in total. The van der Waals surface area contributed by atoms with Crippen LogP contribution in [-0.2, 0) is 4.79 Å². The Morgan fingerprint density at radius 2 is 2.06 bits per heavy atom. The van der Waals surface area contributed by atoms with Crippen molar-refractivity contribution in [3.05, 3.63) is 28.7 Å². The Balaban J connectivity index is 2.24. The molecular formula is C12H12BrNOS2. The number of amides is 1. The highest BCUT2D eigenvalue weighted by Crippen LogP contribution is 2.34. The third kappa shape index (κ3) is 2.72. The van der Waals surface area contributed by atoms with Crippen LogP contribution in [-0.4, -0.2) is 15.5 Å². The van der Waals surface area contributed by atoms with Crippen molar-refractivity contribution in [1.82, 2.24) is 0 Å². The molecule has 1 aromatic rings. The molecule has 1 aliphatic heterocycles. The second-order valence-electron chi connectivity index (χ2n) is 3.81. The van der Waals surface area contributed by atoms with Gasteiger partial charge in [-0.3, -0.25) is 9.69 Å². The Labute approximate surface area is 119 Å². The molecule has 5 heteroatoms. The lowest BCUT2D eigenvalue weighted by molar-refractivity contribution is -0.117. The predicted molar refractivity (Wildman–Crippen MR) is 80.5 cm³/mol. The minimum absolute atomic E-state index is 0.00357. The minimum atomic E-state index is -0.00357. The maximum Gasteiger partial charge on any atom is 0.246 e. The van der Waals surface area contributed by atoms with E-state index < -0.39 is 0 Å². The zero-order valence-electron chi connectivity index (χ0n) is 9.35. The Hall–Kier alpha value is -0.390. The topological polar surface area (TPSA) is 20.3 Å². The molecule has 1 amide bonds. The highest BCUT2D eigenvalue weighted by Gasteiger charge is 2.36. The van der Waals surface area contributed by atoms with Gasteiger partial charge in [0.25, 0.3) is 0 Å². The number of nitrogens with zero attached hydrogens (tertiary/aromatic N) is 1. The van der Waals surface area contributed by atoms with Gasteiger partial charge in [-0.15, -0.1) is 0 Å². The number of thiocarbonyl (C=S) groups is 1. The number of benzene rings is 1. The summed E-state index contributed by atoms with van der Waals surface area (Å²) in [6, 6.07) is 7.65. The quantitative estimate of drug-likeness (QED) is 0.782. The van der Waals surface area contributed by atoms with Gasteiger partial charge in [-0.05, 0) is 30.7 Å². The molecule has 0 aliphatic carbocycles. The standard InChI is InChI=1S/C12H12BrNOS2/c1-2-3-10-11(15)14(12(16)17-10)9-6-4-8(13)5-7-9/h4-7,10H,2-3H2,1H3. The summed E-state index contributed by atoms with van der Waals surface area (Å²) in [7, 11) is 0. The van der Waals surface area contributed by atoms with E-state index >= 15 is 0 Å². The Kier molecular flexibility index (Phi) is 4.22. The van der Waals surface area contributed by atoms with Gasteiger partial charge >= 0.3 is 0 Å². The van der Waals surface area contributed by atoms with Gasteiger partial charge < -0.3 is 0 Å². The summed E-state index contributed by atoms with van der Waals surface area (Å²) in [4.78, 5) is 13.8. The van der Waals surface area contributed by atoms with Crippen molar-refractivity contribution in [2.45, 2.75) is 25.0 Å². The first-order valence-electron chi connectivity index (χ1n) is 5.43. The number of halogens is 1. The van der Waals surface area contributed by atoms with E-state index in [1.165, 1.54) is 11.8 Å². The van der Waals surface area contributed by atoms with Crippen molar-refractivity contribution in [1.29, 1.82) is 0 Å². The normalized spacial score (nSPS) is 20.1. The van der Waals surface area contributed by atoms with E-state index in [0.717, 1.165) is 23.0 Å². The van der Waals surface area contributed by atoms with Crippen LogP contribution in [0.3, 0.4) is 0 Å². The van der Waals surface area contributed by atoms with Gasteiger partial charge in [-0.1, -0.05) is 53.3 Å². The molecule has 1 saturated heterocycles. The van der Waals surface area contributed by atoms with Crippen molar-refractivity contribution in [3.63, 3.8) is 0 Å². The number of anilines is 1. The molecule has 0 spiro atoms. The molecule has 90 valence electrons. The van der Waals surface area contributed by atoms with E-state index in [1.54, 1.807) is 4.90 Å². The van der Waals surface area contributed by atoms with Gasteiger partial charge in [0, 0.05) is 4.47 Å². The summed E-state index contributed by atoms with van der Waals surface area (Å²) in [5.74, 6) is 0.115. The monoisotopic (exact) mass is 329 g/mol. The molecular weight excluding hydrogens is 318 g/mol. The van der Waals surface area contributed by atoms with Crippen molar-refractivity contribution in [3.8, 4) is 0 Å². The molecule has 1 unspecified atom stereocenters. The molecule has 1 fully saturated rings. The van der Waals surface area contributed by atoms with Crippen LogP contribution in [0.1, 0.15) is 19.8 Å².